The van der Waals surface area contributed by atoms with Gasteiger partial charge in [0.1, 0.15) is 11.7 Å². The maximum Gasteiger partial charge on any atom is 0.325 e. The van der Waals surface area contributed by atoms with E-state index in [4.69, 9.17) is 10.8 Å². The summed E-state index contributed by atoms with van der Waals surface area (Å²) in [6, 6.07) is 2.00. The van der Waals surface area contributed by atoms with Gasteiger partial charge in [-0.25, -0.2) is 4.98 Å². The molecular weight excluding hydrogens is 198 g/mol. The number of anilines is 1. The van der Waals surface area contributed by atoms with E-state index in [0.717, 1.165) is 0 Å². The summed E-state index contributed by atoms with van der Waals surface area (Å²) in [6.07, 6.45) is 1.33. The second-order valence-electron chi connectivity index (χ2n) is 3.01. The molecule has 15 heavy (non-hydrogen) atoms. The molecule has 0 saturated carbocycles. The molecule has 0 aliphatic rings. The van der Waals surface area contributed by atoms with Crippen molar-refractivity contribution < 1.29 is 14.7 Å². The van der Waals surface area contributed by atoms with E-state index >= 15 is 0 Å². The lowest BCUT2D eigenvalue weighted by Crippen LogP contribution is -2.38. The van der Waals surface area contributed by atoms with Crippen LogP contribution in [0, 0.1) is 0 Å². The highest BCUT2D eigenvalue weighted by Gasteiger charge is 2.15. The van der Waals surface area contributed by atoms with E-state index in [2.05, 4.69) is 10.3 Å². The minimum Gasteiger partial charge on any atom is -0.480 e. The summed E-state index contributed by atoms with van der Waals surface area (Å²) >= 11 is 0. The largest absolute Gasteiger partial charge is 0.480 e. The van der Waals surface area contributed by atoms with Crippen LogP contribution in [0.4, 0.5) is 5.69 Å². The summed E-state index contributed by atoms with van der Waals surface area (Å²) in [5, 5.41) is 10.8. The quantitative estimate of drug-likeness (QED) is 0.642. The van der Waals surface area contributed by atoms with Crippen molar-refractivity contribution in [3.05, 3.63) is 24.0 Å². The molecule has 0 aliphatic heterocycles. The molecule has 4 N–H and O–H groups in total. The van der Waals surface area contributed by atoms with Crippen molar-refractivity contribution >= 4 is 17.6 Å². The van der Waals surface area contributed by atoms with Gasteiger partial charge >= 0.3 is 5.97 Å². The zero-order chi connectivity index (χ0) is 11.4. The molecule has 1 heterocycles. The van der Waals surface area contributed by atoms with Crippen LogP contribution in [0.2, 0.25) is 0 Å². The van der Waals surface area contributed by atoms with Gasteiger partial charge in [0.25, 0.3) is 5.91 Å². The number of carboxylic acid groups (broad SMARTS) is 1. The second-order valence-corrected chi connectivity index (χ2v) is 3.01. The van der Waals surface area contributed by atoms with Crippen LogP contribution in [0.3, 0.4) is 0 Å². The van der Waals surface area contributed by atoms with E-state index in [1.807, 2.05) is 0 Å². The van der Waals surface area contributed by atoms with Gasteiger partial charge in [0, 0.05) is 0 Å². The molecule has 0 fully saturated rings. The molecule has 1 rings (SSSR count). The zero-order valence-corrected chi connectivity index (χ0v) is 8.10. The number of carbonyl (C=O) groups excluding carboxylic acids is 1. The van der Waals surface area contributed by atoms with Crippen molar-refractivity contribution in [3.63, 3.8) is 0 Å². The Labute approximate surface area is 86.1 Å². The standard InChI is InChI=1S/C9H11N3O3/c1-5(9(14)15)12-8(13)7-3-2-6(10)4-11-7/h2-5H,10H2,1H3,(H,12,13)(H,14,15)/t5-/m0/s1. The van der Waals surface area contributed by atoms with Gasteiger partial charge in [-0.15, -0.1) is 0 Å². The summed E-state index contributed by atoms with van der Waals surface area (Å²) in [4.78, 5) is 25.6. The van der Waals surface area contributed by atoms with Gasteiger partial charge in [-0.1, -0.05) is 0 Å². The Balaban J connectivity index is 2.69. The van der Waals surface area contributed by atoms with Gasteiger partial charge in [-0.3, -0.25) is 9.59 Å². The molecule has 6 nitrogen and oxygen atoms in total. The van der Waals surface area contributed by atoms with Crippen LogP contribution in [-0.4, -0.2) is 28.0 Å². The first kappa shape index (κ1) is 11.0. The van der Waals surface area contributed by atoms with Crippen LogP contribution in [0.5, 0.6) is 0 Å². The van der Waals surface area contributed by atoms with E-state index in [0.29, 0.717) is 5.69 Å². The van der Waals surface area contributed by atoms with Gasteiger partial charge in [0.15, 0.2) is 0 Å². The predicted octanol–water partition coefficient (Wildman–Crippen LogP) is -0.133. The van der Waals surface area contributed by atoms with Crippen molar-refractivity contribution in [1.29, 1.82) is 0 Å². The first-order chi connectivity index (χ1) is 7.00. The van der Waals surface area contributed by atoms with Crippen molar-refractivity contribution in [1.82, 2.24) is 10.3 Å². The van der Waals surface area contributed by atoms with E-state index in [1.54, 1.807) is 0 Å². The molecule has 1 atom stereocenters. The number of carbonyl (C=O) groups is 2. The number of nitrogens with one attached hydrogen (secondary N) is 1. The molecule has 1 amide bonds. The Morgan fingerprint density at radius 2 is 2.20 bits per heavy atom. The lowest BCUT2D eigenvalue weighted by molar-refractivity contribution is -0.138. The third-order valence-corrected chi connectivity index (χ3v) is 1.74. The number of nitrogens with two attached hydrogens (primary N) is 1. The number of nitrogens with zero attached hydrogens (tertiary/aromatic N) is 1. The average molecular weight is 209 g/mol. The maximum absolute atomic E-state index is 11.4. The van der Waals surface area contributed by atoms with E-state index in [-0.39, 0.29) is 5.69 Å². The number of aliphatic carboxylic acids is 1. The van der Waals surface area contributed by atoms with E-state index < -0.39 is 17.9 Å². The third-order valence-electron chi connectivity index (χ3n) is 1.74. The zero-order valence-electron chi connectivity index (χ0n) is 8.10. The van der Waals surface area contributed by atoms with Crippen LogP contribution < -0.4 is 11.1 Å². The monoisotopic (exact) mass is 209 g/mol. The first-order valence-corrected chi connectivity index (χ1v) is 4.26. The van der Waals surface area contributed by atoms with Crippen molar-refractivity contribution in [3.8, 4) is 0 Å². The number of amides is 1. The molecule has 1 aromatic rings. The molecule has 0 spiro atoms. The Morgan fingerprint density at radius 3 is 2.67 bits per heavy atom. The Morgan fingerprint density at radius 1 is 1.53 bits per heavy atom. The molecule has 0 saturated heterocycles. The molecular formula is C9H11N3O3. The van der Waals surface area contributed by atoms with Crippen molar-refractivity contribution in [2.75, 3.05) is 5.73 Å². The summed E-state index contributed by atoms with van der Waals surface area (Å²) in [6.45, 7) is 1.37. The third kappa shape index (κ3) is 2.94. The number of rotatable bonds is 3. The van der Waals surface area contributed by atoms with Crippen LogP contribution in [0.25, 0.3) is 0 Å². The number of nitrogen functional groups attached to an aromatic ring is 1. The number of hydrogen-bond donors (Lipinski definition) is 3. The molecule has 80 valence electrons. The van der Waals surface area contributed by atoms with Gasteiger partial charge in [0.2, 0.25) is 0 Å². The minimum atomic E-state index is -1.10. The SMILES string of the molecule is C[C@H](NC(=O)c1ccc(N)cn1)C(=O)O. The highest BCUT2D eigenvalue weighted by atomic mass is 16.4. The van der Waals surface area contributed by atoms with Crippen LogP contribution in [0.15, 0.2) is 18.3 Å². The average Bonchev–Trinajstić information content (AvgIpc) is 2.18. The molecule has 0 unspecified atom stereocenters. The van der Waals surface area contributed by atoms with Crippen molar-refractivity contribution in [2.24, 2.45) is 0 Å². The molecule has 0 radical (unpaired) electrons. The fourth-order valence-corrected chi connectivity index (χ4v) is 0.872. The first-order valence-electron chi connectivity index (χ1n) is 4.26. The fraction of sp³-hybridized carbons (Fsp3) is 0.222. The number of pyridine rings is 1. The number of aromatic nitrogens is 1. The van der Waals surface area contributed by atoms with E-state index in [9.17, 15) is 9.59 Å². The van der Waals surface area contributed by atoms with Crippen molar-refractivity contribution in [2.45, 2.75) is 13.0 Å². The van der Waals surface area contributed by atoms with Crippen LogP contribution in [0.1, 0.15) is 17.4 Å². The summed E-state index contributed by atoms with van der Waals surface area (Å²) in [7, 11) is 0. The normalized spacial score (nSPS) is 11.8. The lowest BCUT2D eigenvalue weighted by Gasteiger charge is -2.08. The minimum absolute atomic E-state index is 0.136. The fourth-order valence-electron chi connectivity index (χ4n) is 0.872. The van der Waals surface area contributed by atoms with Gasteiger partial charge in [0.05, 0.1) is 11.9 Å². The number of carboxylic acids is 1. The Bertz CT molecular complexity index is 375. The van der Waals surface area contributed by atoms with Gasteiger partial charge in [-0.05, 0) is 19.1 Å². The Hall–Kier alpha value is -2.11. The molecule has 0 aromatic carbocycles. The predicted molar refractivity (Wildman–Crippen MR) is 53.2 cm³/mol. The van der Waals surface area contributed by atoms with Crippen LogP contribution in [-0.2, 0) is 4.79 Å². The number of hydrogen-bond acceptors (Lipinski definition) is 4. The summed E-state index contributed by atoms with van der Waals surface area (Å²) in [5.41, 5.74) is 5.97. The maximum atomic E-state index is 11.4. The Kier molecular flexibility index (Phi) is 3.22. The molecule has 0 aliphatic carbocycles. The van der Waals surface area contributed by atoms with Gasteiger partial charge in [-0.2, -0.15) is 0 Å². The second kappa shape index (κ2) is 4.41. The smallest absolute Gasteiger partial charge is 0.325 e. The molecule has 1 aromatic heterocycles. The summed E-state index contributed by atoms with van der Waals surface area (Å²) < 4.78 is 0. The van der Waals surface area contributed by atoms with E-state index in [1.165, 1.54) is 25.3 Å². The highest BCUT2D eigenvalue weighted by molar-refractivity contribution is 5.94. The lowest BCUT2D eigenvalue weighted by atomic mass is 10.3. The molecule has 6 heteroatoms. The van der Waals surface area contributed by atoms with Crippen LogP contribution >= 0.6 is 0 Å². The highest BCUT2D eigenvalue weighted by Crippen LogP contribution is 2.01. The van der Waals surface area contributed by atoms with Gasteiger partial charge < -0.3 is 16.2 Å². The summed E-state index contributed by atoms with van der Waals surface area (Å²) in [5.74, 6) is -1.64. The molecule has 0 bridgehead atoms. The topological polar surface area (TPSA) is 105 Å².